The van der Waals surface area contributed by atoms with E-state index in [1.165, 1.54) is 0 Å². The molecule has 2 aliphatic rings. The molecule has 0 unspecified atom stereocenters. The van der Waals surface area contributed by atoms with Gasteiger partial charge >= 0.3 is 0 Å². The maximum absolute atomic E-state index is 12.9. The Morgan fingerprint density at radius 3 is 2.80 bits per heavy atom. The van der Waals surface area contributed by atoms with Crippen LogP contribution in [0, 0.1) is 0 Å². The van der Waals surface area contributed by atoms with E-state index in [9.17, 15) is 9.59 Å². The Morgan fingerprint density at radius 1 is 1.32 bits per heavy atom. The molecule has 0 saturated carbocycles. The number of amides is 2. The predicted molar refractivity (Wildman–Crippen MR) is 93.6 cm³/mol. The number of rotatable bonds is 1. The van der Waals surface area contributed by atoms with Gasteiger partial charge in [0.05, 0.1) is 17.8 Å². The third-order valence-corrected chi connectivity index (χ3v) is 5.55. The van der Waals surface area contributed by atoms with Gasteiger partial charge in [-0.3, -0.25) is 14.7 Å². The van der Waals surface area contributed by atoms with Gasteiger partial charge in [0, 0.05) is 38.0 Å². The van der Waals surface area contributed by atoms with Crippen LogP contribution in [-0.2, 0) is 22.6 Å². The molecule has 0 aliphatic carbocycles. The zero-order valence-electron chi connectivity index (χ0n) is 14.4. The van der Waals surface area contributed by atoms with E-state index in [4.69, 9.17) is 5.73 Å². The van der Waals surface area contributed by atoms with E-state index in [2.05, 4.69) is 10.2 Å². The number of hydrogen-bond acceptors (Lipinski definition) is 4. The van der Waals surface area contributed by atoms with Gasteiger partial charge in [-0.05, 0) is 36.5 Å². The van der Waals surface area contributed by atoms with Crippen molar-refractivity contribution in [3.8, 4) is 0 Å². The average molecular weight is 341 g/mol. The highest BCUT2D eigenvalue weighted by atomic mass is 16.2. The quantitative estimate of drug-likeness (QED) is 0.801. The molecule has 1 saturated heterocycles. The lowest BCUT2D eigenvalue weighted by atomic mass is 9.99. The smallest absolute Gasteiger partial charge is 0.240 e. The van der Waals surface area contributed by atoms with Gasteiger partial charge in [0.2, 0.25) is 11.8 Å². The number of hydrogen-bond donors (Lipinski definition) is 2. The van der Waals surface area contributed by atoms with Gasteiger partial charge in [0.25, 0.3) is 0 Å². The summed E-state index contributed by atoms with van der Waals surface area (Å²) in [5.41, 5.74) is 9.45. The van der Waals surface area contributed by atoms with Crippen LogP contribution in [0.25, 0.3) is 10.9 Å². The van der Waals surface area contributed by atoms with Crippen LogP contribution in [0.15, 0.2) is 18.3 Å². The molecule has 7 heteroatoms. The first kappa shape index (κ1) is 16.1. The Bertz CT molecular complexity index is 822. The molecular formula is C18H23N5O2. The SMILES string of the molecule is CC(=O)N1CCC(N2Cc3c(ccc4[nH]ncc34)C[C@@H](N)C2=O)CC1. The summed E-state index contributed by atoms with van der Waals surface area (Å²) in [4.78, 5) is 28.2. The Labute approximate surface area is 146 Å². The average Bonchev–Trinajstić information content (AvgIpc) is 3.04. The minimum atomic E-state index is -0.517. The summed E-state index contributed by atoms with van der Waals surface area (Å²) in [5, 5.41) is 8.20. The number of fused-ring (bicyclic) bond motifs is 3. The number of benzene rings is 1. The fourth-order valence-electron chi connectivity index (χ4n) is 4.09. The van der Waals surface area contributed by atoms with Crippen LogP contribution < -0.4 is 5.73 Å². The van der Waals surface area contributed by atoms with Gasteiger partial charge in [-0.1, -0.05) is 6.07 Å². The van der Waals surface area contributed by atoms with Gasteiger partial charge in [0.15, 0.2) is 0 Å². The first-order chi connectivity index (χ1) is 12.0. The van der Waals surface area contributed by atoms with E-state index in [0.29, 0.717) is 26.1 Å². The Morgan fingerprint density at radius 2 is 2.08 bits per heavy atom. The number of H-pyrrole nitrogens is 1. The first-order valence-electron chi connectivity index (χ1n) is 8.80. The molecule has 25 heavy (non-hydrogen) atoms. The molecule has 0 spiro atoms. The normalized spacial score (nSPS) is 22.2. The van der Waals surface area contributed by atoms with Crippen LogP contribution in [0.1, 0.15) is 30.9 Å². The molecule has 2 aliphatic heterocycles. The third kappa shape index (κ3) is 2.78. The summed E-state index contributed by atoms with van der Waals surface area (Å²) in [6, 6.07) is 3.66. The maximum Gasteiger partial charge on any atom is 0.240 e. The molecule has 4 rings (SSSR count). The lowest BCUT2D eigenvalue weighted by Crippen LogP contribution is -2.51. The van der Waals surface area contributed by atoms with Crippen LogP contribution in [0.5, 0.6) is 0 Å². The van der Waals surface area contributed by atoms with E-state index in [1.54, 1.807) is 6.92 Å². The number of nitrogens with two attached hydrogens (primary N) is 1. The summed E-state index contributed by atoms with van der Waals surface area (Å²) < 4.78 is 0. The fraction of sp³-hybridized carbons (Fsp3) is 0.500. The highest BCUT2D eigenvalue weighted by Gasteiger charge is 2.34. The van der Waals surface area contributed by atoms with Crippen LogP contribution in [0.2, 0.25) is 0 Å². The van der Waals surface area contributed by atoms with Gasteiger partial charge in [-0.2, -0.15) is 5.10 Å². The molecule has 1 atom stereocenters. The highest BCUT2D eigenvalue weighted by molar-refractivity contribution is 5.87. The highest BCUT2D eigenvalue weighted by Crippen LogP contribution is 2.29. The molecule has 3 N–H and O–H groups in total. The molecule has 3 heterocycles. The van der Waals surface area contributed by atoms with E-state index in [0.717, 1.165) is 34.9 Å². The van der Waals surface area contributed by atoms with Crippen molar-refractivity contribution >= 4 is 22.7 Å². The lowest BCUT2D eigenvalue weighted by Gasteiger charge is -2.38. The molecule has 2 amide bonds. The number of carbonyl (C=O) groups excluding carboxylic acids is 2. The molecule has 0 bridgehead atoms. The standard InChI is InChI=1S/C18H23N5O2/c1-11(24)22-6-4-13(5-7-22)23-10-15-12(8-16(19)18(23)25)2-3-17-14(15)9-20-21-17/h2-3,9,13,16H,4-8,10,19H2,1H3,(H,20,21)/t16-/m1/s1. The van der Waals surface area contributed by atoms with Crippen molar-refractivity contribution in [3.63, 3.8) is 0 Å². The summed E-state index contributed by atoms with van der Waals surface area (Å²) in [7, 11) is 0. The Kier molecular flexibility index (Phi) is 3.95. The number of nitrogens with one attached hydrogen (secondary N) is 1. The van der Waals surface area contributed by atoms with Gasteiger partial charge in [0.1, 0.15) is 0 Å². The molecule has 132 valence electrons. The number of aromatic amines is 1. The lowest BCUT2D eigenvalue weighted by molar-refractivity contribution is -0.137. The van der Waals surface area contributed by atoms with Crippen LogP contribution in [-0.4, -0.2) is 57.0 Å². The van der Waals surface area contributed by atoms with Gasteiger partial charge in [-0.25, -0.2) is 0 Å². The Balaban J connectivity index is 1.65. The van der Waals surface area contributed by atoms with Crippen molar-refractivity contribution in [2.75, 3.05) is 13.1 Å². The van der Waals surface area contributed by atoms with E-state index < -0.39 is 6.04 Å². The number of carbonyl (C=O) groups is 2. The molecule has 0 radical (unpaired) electrons. The topological polar surface area (TPSA) is 95.3 Å². The molecule has 1 aromatic heterocycles. The summed E-state index contributed by atoms with van der Waals surface area (Å²) in [5.74, 6) is 0.108. The minimum absolute atomic E-state index is 0.00844. The second-order valence-electron chi connectivity index (χ2n) is 7.05. The van der Waals surface area contributed by atoms with Gasteiger partial charge < -0.3 is 15.5 Å². The van der Waals surface area contributed by atoms with Gasteiger partial charge in [-0.15, -0.1) is 0 Å². The monoisotopic (exact) mass is 341 g/mol. The molecule has 7 nitrogen and oxygen atoms in total. The second kappa shape index (κ2) is 6.15. The zero-order valence-corrected chi connectivity index (χ0v) is 14.4. The molecular weight excluding hydrogens is 318 g/mol. The fourth-order valence-corrected chi connectivity index (χ4v) is 4.09. The van der Waals surface area contributed by atoms with Crippen molar-refractivity contribution in [1.82, 2.24) is 20.0 Å². The summed E-state index contributed by atoms with van der Waals surface area (Å²) in [6.45, 7) is 3.55. The van der Waals surface area contributed by atoms with Crippen molar-refractivity contribution in [2.24, 2.45) is 5.73 Å². The second-order valence-corrected chi connectivity index (χ2v) is 7.05. The largest absolute Gasteiger partial charge is 0.343 e. The number of nitrogens with zero attached hydrogens (tertiary/aromatic N) is 3. The molecule has 1 aromatic carbocycles. The number of aromatic nitrogens is 2. The van der Waals surface area contributed by atoms with Crippen molar-refractivity contribution in [1.29, 1.82) is 0 Å². The third-order valence-electron chi connectivity index (χ3n) is 5.55. The van der Waals surface area contributed by atoms with E-state index in [1.807, 2.05) is 28.1 Å². The van der Waals surface area contributed by atoms with Crippen LogP contribution in [0.4, 0.5) is 0 Å². The maximum atomic E-state index is 12.9. The summed E-state index contributed by atoms with van der Waals surface area (Å²) in [6.07, 6.45) is 3.98. The zero-order chi connectivity index (χ0) is 17.6. The molecule has 1 fully saturated rings. The van der Waals surface area contributed by atoms with Crippen LogP contribution >= 0.6 is 0 Å². The number of piperidine rings is 1. The summed E-state index contributed by atoms with van der Waals surface area (Å²) >= 11 is 0. The first-order valence-corrected chi connectivity index (χ1v) is 8.80. The van der Waals surface area contributed by atoms with Crippen molar-refractivity contribution in [2.45, 2.75) is 44.8 Å². The molecule has 2 aromatic rings. The van der Waals surface area contributed by atoms with E-state index in [-0.39, 0.29) is 17.9 Å². The minimum Gasteiger partial charge on any atom is -0.343 e. The number of likely N-dealkylation sites (tertiary alicyclic amines) is 1. The Hall–Kier alpha value is -2.41. The van der Waals surface area contributed by atoms with Crippen molar-refractivity contribution < 1.29 is 9.59 Å². The van der Waals surface area contributed by atoms with E-state index >= 15 is 0 Å². The predicted octanol–water partition coefficient (Wildman–Crippen LogP) is 0.786. The van der Waals surface area contributed by atoms with Crippen molar-refractivity contribution in [3.05, 3.63) is 29.5 Å². The van der Waals surface area contributed by atoms with Crippen LogP contribution in [0.3, 0.4) is 0 Å².